The molecule has 132 valence electrons. The van der Waals surface area contributed by atoms with Crippen LogP contribution < -0.4 is 10.1 Å². The SMILES string of the molecule is COc1ccccc1/C=C1\C(=O)NC(=O)N(Cc2ccc(F)cc2)C1=O. The summed E-state index contributed by atoms with van der Waals surface area (Å²) in [6.07, 6.45) is 1.38. The van der Waals surface area contributed by atoms with Gasteiger partial charge in [0.15, 0.2) is 0 Å². The minimum atomic E-state index is -0.818. The Labute approximate surface area is 148 Å². The molecule has 0 atom stereocenters. The first-order valence-corrected chi connectivity index (χ1v) is 7.76. The number of nitrogens with zero attached hydrogens (tertiary/aromatic N) is 1. The first-order valence-electron chi connectivity index (χ1n) is 7.76. The molecule has 4 amide bonds. The Bertz CT molecular complexity index is 906. The second-order valence-corrected chi connectivity index (χ2v) is 5.58. The predicted molar refractivity (Wildman–Crippen MR) is 91.5 cm³/mol. The van der Waals surface area contributed by atoms with Gasteiger partial charge in [0.05, 0.1) is 13.7 Å². The van der Waals surface area contributed by atoms with Crippen LogP contribution in [-0.4, -0.2) is 29.9 Å². The molecule has 1 heterocycles. The van der Waals surface area contributed by atoms with Gasteiger partial charge >= 0.3 is 6.03 Å². The summed E-state index contributed by atoms with van der Waals surface area (Å²) in [7, 11) is 1.48. The zero-order valence-electron chi connectivity index (χ0n) is 13.9. The molecular weight excluding hydrogens is 339 g/mol. The highest BCUT2D eigenvalue weighted by Gasteiger charge is 2.35. The van der Waals surface area contributed by atoms with E-state index in [0.29, 0.717) is 16.9 Å². The van der Waals surface area contributed by atoms with Crippen LogP contribution in [0.5, 0.6) is 5.75 Å². The average Bonchev–Trinajstić information content (AvgIpc) is 2.64. The average molecular weight is 354 g/mol. The second-order valence-electron chi connectivity index (χ2n) is 5.58. The van der Waals surface area contributed by atoms with Crippen LogP contribution in [0.2, 0.25) is 0 Å². The summed E-state index contributed by atoms with van der Waals surface area (Å²) in [5, 5.41) is 2.14. The van der Waals surface area contributed by atoms with E-state index >= 15 is 0 Å². The van der Waals surface area contributed by atoms with E-state index in [1.165, 1.54) is 37.5 Å². The van der Waals surface area contributed by atoms with Crippen LogP contribution >= 0.6 is 0 Å². The van der Waals surface area contributed by atoms with Crippen molar-refractivity contribution in [2.75, 3.05) is 7.11 Å². The number of methoxy groups -OCH3 is 1. The summed E-state index contributed by atoms with van der Waals surface area (Å²) < 4.78 is 18.2. The number of barbiturate groups is 1. The highest BCUT2D eigenvalue weighted by atomic mass is 19.1. The maximum absolute atomic E-state index is 13.0. The van der Waals surface area contributed by atoms with Gasteiger partial charge < -0.3 is 4.74 Å². The summed E-state index contributed by atoms with van der Waals surface area (Å²) in [5.41, 5.74) is 0.904. The molecular formula is C19H15FN2O4. The van der Waals surface area contributed by atoms with Gasteiger partial charge in [-0.1, -0.05) is 30.3 Å². The lowest BCUT2D eigenvalue weighted by molar-refractivity contribution is -0.130. The molecule has 1 saturated heterocycles. The number of halogens is 1. The molecule has 0 unspecified atom stereocenters. The molecule has 26 heavy (non-hydrogen) atoms. The number of carbonyl (C=O) groups is 3. The molecule has 3 rings (SSSR count). The van der Waals surface area contributed by atoms with Crippen molar-refractivity contribution < 1.29 is 23.5 Å². The van der Waals surface area contributed by atoms with Crippen molar-refractivity contribution in [3.8, 4) is 5.75 Å². The molecule has 6 nitrogen and oxygen atoms in total. The van der Waals surface area contributed by atoms with Crippen LogP contribution in [0.25, 0.3) is 6.08 Å². The molecule has 7 heteroatoms. The van der Waals surface area contributed by atoms with Crippen LogP contribution in [0.4, 0.5) is 9.18 Å². The second kappa shape index (κ2) is 7.18. The van der Waals surface area contributed by atoms with Crippen LogP contribution in [0.3, 0.4) is 0 Å². The van der Waals surface area contributed by atoms with E-state index in [9.17, 15) is 18.8 Å². The fourth-order valence-corrected chi connectivity index (χ4v) is 2.55. The van der Waals surface area contributed by atoms with Gasteiger partial charge in [-0.15, -0.1) is 0 Å². The van der Waals surface area contributed by atoms with Gasteiger partial charge in [-0.05, 0) is 29.8 Å². The quantitative estimate of drug-likeness (QED) is 0.676. The standard InChI is InChI=1S/C19H15FN2O4/c1-26-16-5-3-2-4-13(16)10-15-17(23)21-19(25)22(18(15)24)11-12-6-8-14(20)9-7-12/h2-10H,11H2,1H3,(H,21,23,25)/b15-10+. The monoisotopic (exact) mass is 354 g/mol. The number of urea groups is 1. The van der Waals surface area contributed by atoms with Gasteiger partial charge in [-0.25, -0.2) is 9.18 Å². The maximum atomic E-state index is 13.0. The number of benzene rings is 2. The molecule has 1 fully saturated rings. The number of para-hydroxylation sites is 1. The summed E-state index contributed by atoms with van der Waals surface area (Å²) in [4.78, 5) is 37.8. The minimum Gasteiger partial charge on any atom is -0.496 e. The topological polar surface area (TPSA) is 75.7 Å². The van der Waals surface area contributed by atoms with Crippen LogP contribution in [0.1, 0.15) is 11.1 Å². The number of nitrogens with one attached hydrogen (secondary N) is 1. The first-order chi connectivity index (χ1) is 12.5. The fraction of sp³-hybridized carbons (Fsp3) is 0.105. The zero-order valence-corrected chi connectivity index (χ0v) is 13.9. The molecule has 0 bridgehead atoms. The lowest BCUT2D eigenvalue weighted by Crippen LogP contribution is -2.53. The van der Waals surface area contributed by atoms with Crippen molar-refractivity contribution in [1.29, 1.82) is 0 Å². The molecule has 0 spiro atoms. The smallest absolute Gasteiger partial charge is 0.331 e. The maximum Gasteiger partial charge on any atom is 0.331 e. The number of amides is 4. The Morgan fingerprint density at radius 2 is 1.77 bits per heavy atom. The third-order valence-corrected chi connectivity index (χ3v) is 3.88. The van der Waals surface area contributed by atoms with Crippen molar-refractivity contribution in [3.63, 3.8) is 0 Å². The Balaban J connectivity index is 1.92. The number of ether oxygens (including phenoxy) is 1. The molecule has 0 saturated carbocycles. The Morgan fingerprint density at radius 1 is 1.08 bits per heavy atom. The highest BCUT2D eigenvalue weighted by Crippen LogP contribution is 2.23. The van der Waals surface area contributed by atoms with E-state index < -0.39 is 23.7 Å². The molecule has 0 aliphatic carbocycles. The molecule has 1 aliphatic heterocycles. The van der Waals surface area contributed by atoms with E-state index in [0.717, 1.165) is 4.90 Å². The van der Waals surface area contributed by atoms with Crippen molar-refractivity contribution >= 4 is 23.9 Å². The largest absolute Gasteiger partial charge is 0.496 e. The van der Waals surface area contributed by atoms with Gasteiger partial charge in [0.1, 0.15) is 17.1 Å². The van der Waals surface area contributed by atoms with E-state index in [-0.39, 0.29) is 12.1 Å². The molecule has 2 aromatic carbocycles. The van der Waals surface area contributed by atoms with Crippen molar-refractivity contribution in [1.82, 2.24) is 10.2 Å². The van der Waals surface area contributed by atoms with Crippen LogP contribution in [-0.2, 0) is 16.1 Å². The third kappa shape index (κ3) is 3.46. The summed E-state index contributed by atoms with van der Waals surface area (Å²) in [5.74, 6) is -1.44. The number of hydrogen-bond donors (Lipinski definition) is 1. The molecule has 2 aromatic rings. The highest BCUT2D eigenvalue weighted by molar-refractivity contribution is 6.31. The summed E-state index contributed by atoms with van der Waals surface area (Å²) in [6, 6.07) is 11.5. The first kappa shape index (κ1) is 17.3. The summed E-state index contributed by atoms with van der Waals surface area (Å²) in [6.45, 7) is -0.0819. The third-order valence-electron chi connectivity index (χ3n) is 3.88. The number of carbonyl (C=O) groups excluding carboxylic acids is 3. The Morgan fingerprint density at radius 3 is 2.46 bits per heavy atom. The zero-order chi connectivity index (χ0) is 18.7. The Kier molecular flexibility index (Phi) is 4.79. The summed E-state index contributed by atoms with van der Waals surface area (Å²) >= 11 is 0. The van der Waals surface area contributed by atoms with Gasteiger partial charge in [-0.2, -0.15) is 0 Å². The van der Waals surface area contributed by atoms with E-state index in [2.05, 4.69) is 5.32 Å². The van der Waals surface area contributed by atoms with E-state index in [4.69, 9.17) is 4.74 Å². The van der Waals surface area contributed by atoms with E-state index in [1.54, 1.807) is 24.3 Å². The predicted octanol–water partition coefficient (Wildman–Crippen LogP) is 2.50. The molecule has 1 aliphatic rings. The number of rotatable bonds is 4. The van der Waals surface area contributed by atoms with Crippen LogP contribution in [0, 0.1) is 5.82 Å². The Hall–Kier alpha value is -3.48. The molecule has 1 N–H and O–H groups in total. The molecule has 0 radical (unpaired) electrons. The minimum absolute atomic E-state index is 0.0819. The van der Waals surface area contributed by atoms with Gasteiger partial charge in [-0.3, -0.25) is 19.8 Å². The lowest BCUT2D eigenvalue weighted by atomic mass is 10.1. The fourth-order valence-electron chi connectivity index (χ4n) is 2.55. The van der Waals surface area contributed by atoms with Gasteiger partial charge in [0, 0.05) is 5.56 Å². The van der Waals surface area contributed by atoms with Crippen molar-refractivity contribution in [3.05, 3.63) is 71.0 Å². The number of imide groups is 2. The van der Waals surface area contributed by atoms with Gasteiger partial charge in [0.25, 0.3) is 11.8 Å². The number of hydrogen-bond acceptors (Lipinski definition) is 4. The van der Waals surface area contributed by atoms with Crippen LogP contribution in [0.15, 0.2) is 54.1 Å². The molecule has 0 aromatic heterocycles. The van der Waals surface area contributed by atoms with Gasteiger partial charge in [0.2, 0.25) is 0 Å². The normalized spacial score (nSPS) is 16.0. The van der Waals surface area contributed by atoms with E-state index in [1.807, 2.05) is 0 Å². The lowest BCUT2D eigenvalue weighted by Gasteiger charge is -2.26. The van der Waals surface area contributed by atoms with Crippen molar-refractivity contribution in [2.45, 2.75) is 6.54 Å². The van der Waals surface area contributed by atoms with Crippen molar-refractivity contribution in [2.24, 2.45) is 0 Å².